The number of amides is 1. The van der Waals surface area contributed by atoms with Gasteiger partial charge in [0.1, 0.15) is 5.70 Å². The van der Waals surface area contributed by atoms with E-state index >= 15 is 0 Å². The molecule has 1 aromatic rings. The van der Waals surface area contributed by atoms with Gasteiger partial charge in [-0.1, -0.05) is 6.07 Å². The van der Waals surface area contributed by atoms with Gasteiger partial charge in [-0.2, -0.15) is 0 Å². The molecule has 0 aromatic heterocycles. The molecule has 0 aliphatic heterocycles. The van der Waals surface area contributed by atoms with E-state index in [0.29, 0.717) is 11.3 Å². The summed E-state index contributed by atoms with van der Waals surface area (Å²) in [6.45, 7) is 2.56. The largest absolute Gasteiger partial charge is 0.493 e. The van der Waals surface area contributed by atoms with Gasteiger partial charge in [0.2, 0.25) is 5.91 Å². The maximum absolute atomic E-state index is 11.6. The fraction of sp³-hybridized carbons (Fsp3) is 0.267. The Kier molecular flexibility index (Phi) is 6.12. The van der Waals surface area contributed by atoms with Crippen molar-refractivity contribution in [3.8, 4) is 11.5 Å². The molecule has 0 fully saturated rings. The Balaban J connectivity index is 3.18. The molecule has 7 heteroatoms. The van der Waals surface area contributed by atoms with Crippen molar-refractivity contribution < 1.29 is 28.6 Å². The number of benzene rings is 1. The van der Waals surface area contributed by atoms with E-state index in [9.17, 15) is 14.4 Å². The monoisotopic (exact) mass is 307 g/mol. The van der Waals surface area contributed by atoms with E-state index in [1.807, 2.05) is 0 Å². The summed E-state index contributed by atoms with van der Waals surface area (Å²) in [5, 5.41) is 2.38. The van der Waals surface area contributed by atoms with Gasteiger partial charge in [0.15, 0.2) is 11.5 Å². The van der Waals surface area contributed by atoms with Gasteiger partial charge in [0.25, 0.3) is 0 Å². The van der Waals surface area contributed by atoms with Crippen LogP contribution in [-0.4, -0.2) is 32.1 Å². The van der Waals surface area contributed by atoms with Crippen LogP contribution in [0.15, 0.2) is 23.9 Å². The van der Waals surface area contributed by atoms with Gasteiger partial charge in [0, 0.05) is 13.8 Å². The molecule has 1 amide bonds. The van der Waals surface area contributed by atoms with Crippen molar-refractivity contribution in [2.75, 3.05) is 14.2 Å². The molecule has 7 nitrogen and oxygen atoms in total. The standard InChI is InChI=1S/C15H17NO6/c1-9(17)16-12(15(19)21-4)7-11-5-6-13(22-10(2)18)14(8-11)20-3/h5-8H,1-4H3,(H,16,17)/b12-7+. The van der Waals surface area contributed by atoms with E-state index in [1.54, 1.807) is 12.1 Å². The molecular weight excluding hydrogens is 290 g/mol. The Morgan fingerprint density at radius 3 is 2.27 bits per heavy atom. The average Bonchev–Trinajstić information content (AvgIpc) is 2.46. The Morgan fingerprint density at radius 1 is 1.09 bits per heavy atom. The lowest BCUT2D eigenvalue weighted by atomic mass is 10.1. The molecule has 1 rings (SSSR count). The predicted octanol–water partition coefficient (Wildman–Crippen LogP) is 1.27. The molecule has 0 atom stereocenters. The quantitative estimate of drug-likeness (QED) is 0.500. The number of nitrogens with one attached hydrogen (secondary N) is 1. The Labute approximate surface area is 127 Å². The number of carbonyl (C=O) groups excluding carboxylic acids is 3. The van der Waals surface area contributed by atoms with Crippen LogP contribution in [0.4, 0.5) is 0 Å². The normalized spacial score (nSPS) is 10.6. The second kappa shape index (κ2) is 7.82. The third-order valence-electron chi connectivity index (χ3n) is 2.47. The fourth-order valence-corrected chi connectivity index (χ4v) is 1.63. The molecule has 0 radical (unpaired) electrons. The van der Waals surface area contributed by atoms with E-state index in [4.69, 9.17) is 9.47 Å². The van der Waals surface area contributed by atoms with E-state index < -0.39 is 17.8 Å². The summed E-state index contributed by atoms with van der Waals surface area (Å²) >= 11 is 0. The first-order valence-corrected chi connectivity index (χ1v) is 6.31. The molecule has 0 saturated heterocycles. The highest BCUT2D eigenvalue weighted by Crippen LogP contribution is 2.29. The Morgan fingerprint density at radius 2 is 1.77 bits per heavy atom. The molecule has 22 heavy (non-hydrogen) atoms. The molecule has 0 bridgehead atoms. The SMILES string of the molecule is COC(=O)/C(=C\c1ccc(OC(C)=O)c(OC)c1)NC(C)=O. The van der Waals surface area contributed by atoms with Crippen LogP contribution in [0.3, 0.4) is 0 Å². The number of hydrogen-bond acceptors (Lipinski definition) is 6. The minimum atomic E-state index is -0.682. The summed E-state index contributed by atoms with van der Waals surface area (Å²) < 4.78 is 14.7. The smallest absolute Gasteiger partial charge is 0.354 e. The van der Waals surface area contributed by atoms with Gasteiger partial charge in [-0.05, 0) is 23.8 Å². The van der Waals surface area contributed by atoms with Crippen molar-refractivity contribution in [1.82, 2.24) is 5.32 Å². The fourth-order valence-electron chi connectivity index (χ4n) is 1.63. The van der Waals surface area contributed by atoms with Crippen molar-refractivity contribution >= 4 is 23.9 Å². The van der Waals surface area contributed by atoms with Gasteiger partial charge < -0.3 is 19.5 Å². The molecular formula is C15H17NO6. The van der Waals surface area contributed by atoms with Gasteiger partial charge in [-0.15, -0.1) is 0 Å². The molecule has 1 N–H and O–H groups in total. The minimum Gasteiger partial charge on any atom is -0.493 e. The van der Waals surface area contributed by atoms with Gasteiger partial charge in [-0.25, -0.2) is 4.79 Å². The van der Waals surface area contributed by atoms with E-state index in [1.165, 1.54) is 40.2 Å². The lowest BCUT2D eigenvalue weighted by Gasteiger charge is -2.10. The lowest BCUT2D eigenvalue weighted by molar-refractivity contribution is -0.137. The summed E-state index contributed by atoms with van der Waals surface area (Å²) in [5.41, 5.74) is 0.541. The van der Waals surface area contributed by atoms with Crippen LogP contribution < -0.4 is 14.8 Å². The van der Waals surface area contributed by atoms with E-state index in [0.717, 1.165) is 0 Å². The Hall–Kier alpha value is -2.83. The second-order valence-corrected chi connectivity index (χ2v) is 4.23. The number of methoxy groups -OCH3 is 2. The number of rotatable bonds is 5. The van der Waals surface area contributed by atoms with Crippen LogP contribution in [-0.2, 0) is 19.1 Å². The minimum absolute atomic E-state index is 0.0164. The van der Waals surface area contributed by atoms with Crippen molar-refractivity contribution in [2.24, 2.45) is 0 Å². The highest BCUT2D eigenvalue weighted by atomic mass is 16.6. The zero-order valence-electron chi connectivity index (χ0n) is 12.8. The van der Waals surface area contributed by atoms with Crippen LogP contribution in [0, 0.1) is 0 Å². The predicted molar refractivity (Wildman–Crippen MR) is 78.1 cm³/mol. The van der Waals surface area contributed by atoms with Gasteiger partial charge in [0.05, 0.1) is 14.2 Å². The van der Waals surface area contributed by atoms with Crippen LogP contribution in [0.5, 0.6) is 11.5 Å². The number of esters is 2. The maximum Gasteiger partial charge on any atom is 0.354 e. The van der Waals surface area contributed by atoms with Crippen LogP contribution in [0.25, 0.3) is 6.08 Å². The topological polar surface area (TPSA) is 90.9 Å². The summed E-state index contributed by atoms with van der Waals surface area (Å²) in [6, 6.07) is 4.68. The van der Waals surface area contributed by atoms with Crippen LogP contribution >= 0.6 is 0 Å². The maximum atomic E-state index is 11.6. The summed E-state index contributed by atoms with van der Waals surface area (Å²) in [4.78, 5) is 33.7. The Bertz CT molecular complexity index is 620. The summed E-state index contributed by atoms with van der Waals surface area (Å²) in [5.74, 6) is -0.990. The number of hydrogen-bond donors (Lipinski definition) is 1. The molecule has 0 aliphatic rings. The lowest BCUT2D eigenvalue weighted by Crippen LogP contribution is -2.25. The van der Waals surface area contributed by atoms with E-state index in [2.05, 4.69) is 10.1 Å². The van der Waals surface area contributed by atoms with Crippen molar-refractivity contribution in [3.05, 3.63) is 29.5 Å². The van der Waals surface area contributed by atoms with Crippen LogP contribution in [0.1, 0.15) is 19.4 Å². The first-order valence-electron chi connectivity index (χ1n) is 6.31. The van der Waals surface area contributed by atoms with Crippen LogP contribution in [0.2, 0.25) is 0 Å². The molecule has 1 aromatic carbocycles. The first kappa shape index (κ1) is 17.2. The highest BCUT2D eigenvalue weighted by Gasteiger charge is 2.13. The van der Waals surface area contributed by atoms with Crippen molar-refractivity contribution in [2.45, 2.75) is 13.8 Å². The van der Waals surface area contributed by atoms with Crippen molar-refractivity contribution in [1.29, 1.82) is 0 Å². The highest BCUT2D eigenvalue weighted by molar-refractivity contribution is 5.97. The van der Waals surface area contributed by atoms with Crippen molar-refractivity contribution in [3.63, 3.8) is 0 Å². The average molecular weight is 307 g/mol. The molecule has 0 saturated carbocycles. The summed E-state index contributed by atoms with van der Waals surface area (Å²) in [7, 11) is 2.63. The molecule has 0 aliphatic carbocycles. The van der Waals surface area contributed by atoms with E-state index in [-0.39, 0.29) is 11.4 Å². The molecule has 0 unspecified atom stereocenters. The zero-order chi connectivity index (χ0) is 16.7. The molecule has 0 heterocycles. The second-order valence-electron chi connectivity index (χ2n) is 4.23. The number of carbonyl (C=O) groups is 3. The third-order valence-corrected chi connectivity index (χ3v) is 2.47. The van der Waals surface area contributed by atoms with Gasteiger partial charge >= 0.3 is 11.9 Å². The molecule has 118 valence electrons. The summed E-state index contributed by atoms with van der Waals surface area (Å²) in [6.07, 6.45) is 1.42. The first-order chi connectivity index (χ1) is 10.4. The van der Waals surface area contributed by atoms with Gasteiger partial charge in [-0.3, -0.25) is 9.59 Å². The number of ether oxygens (including phenoxy) is 3. The molecule has 0 spiro atoms. The third kappa shape index (κ3) is 4.93. The zero-order valence-corrected chi connectivity index (χ0v) is 12.8.